The number of nitrogen functional groups attached to an aromatic ring is 1. The molecule has 0 aliphatic carbocycles. The van der Waals surface area contributed by atoms with Gasteiger partial charge in [0.25, 0.3) is 0 Å². The van der Waals surface area contributed by atoms with Crippen LogP contribution in [0.4, 0.5) is 11.4 Å². The Labute approximate surface area is 102 Å². The maximum Gasteiger partial charge on any atom is 0.0603 e. The first-order valence-electron chi connectivity index (χ1n) is 5.63. The van der Waals surface area contributed by atoms with Crippen molar-refractivity contribution in [3.63, 3.8) is 0 Å². The maximum absolute atomic E-state index is 6.08. The molecule has 0 atom stereocenters. The molecule has 3 nitrogen and oxygen atoms in total. The van der Waals surface area contributed by atoms with E-state index in [-0.39, 0.29) is 0 Å². The molecule has 2 N–H and O–H groups in total. The van der Waals surface area contributed by atoms with Gasteiger partial charge in [0.1, 0.15) is 0 Å². The van der Waals surface area contributed by atoms with Crippen LogP contribution in [-0.2, 0) is 6.54 Å². The number of aromatic nitrogens is 1. The van der Waals surface area contributed by atoms with Gasteiger partial charge in [-0.05, 0) is 36.2 Å². The minimum atomic E-state index is 0.830. The second-order valence-electron chi connectivity index (χ2n) is 4.22. The van der Waals surface area contributed by atoms with Gasteiger partial charge in [0.05, 0.1) is 11.4 Å². The average molecular weight is 227 g/mol. The van der Waals surface area contributed by atoms with E-state index in [1.807, 2.05) is 56.7 Å². The SMILES string of the molecule is Cc1cccc(N(C)Cc2ccncc2)c1N. The summed E-state index contributed by atoms with van der Waals surface area (Å²) in [5.74, 6) is 0. The average Bonchev–Trinajstić information content (AvgIpc) is 2.34. The first-order chi connectivity index (χ1) is 8.18. The molecule has 0 saturated carbocycles. The molecule has 0 bridgehead atoms. The highest BCUT2D eigenvalue weighted by atomic mass is 15.1. The molecule has 1 heterocycles. The highest BCUT2D eigenvalue weighted by Crippen LogP contribution is 2.26. The second-order valence-corrected chi connectivity index (χ2v) is 4.22. The molecule has 0 radical (unpaired) electrons. The molecule has 2 aromatic rings. The van der Waals surface area contributed by atoms with Crippen molar-refractivity contribution in [1.82, 2.24) is 4.98 Å². The van der Waals surface area contributed by atoms with Crippen LogP contribution in [0.15, 0.2) is 42.7 Å². The van der Waals surface area contributed by atoms with E-state index in [1.54, 1.807) is 0 Å². The zero-order chi connectivity index (χ0) is 12.3. The van der Waals surface area contributed by atoms with Crippen LogP contribution in [0.5, 0.6) is 0 Å². The zero-order valence-corrected chi connectivity index (χ0v) is 10.2. The van der Waals surface area contributed by atoms with Gasteiger partial charge >= 0.3 is 0 Å². The van der Waals surface area contributed by atoms with Gasteiger partial charge in [-0.25, -0.2) is 0 Å². The lowest BCUT2D eigenvalue weighted by atomic mass is 10.1. The molecule has 3 heteroatoms. The van der Waals surface area contributed by atoms with Gasteiger partial charge in [-0.15, -0.1) is 0 Å². The number of nitrogens with zero attached hydrogens (tertiary/aromatic N) is 2. The number of para-hydroxylation sites is 1. The molecule has 0 aliphatic rings. The van der Waals surface area contributed by atoms with E-state index >= 15 is 0 Å². The number of rotatable bonds is 3. The Morgan fingerprint density at radius 1 is 1.18 bits per heavy atom. The predicted octanol–water partition coefficient (Wildman–Crippen LogP) is 2.61. The highest BCUT2D eigenvalue weighted by Gasteiger charge is 2.07. The first-order valence-corrected chi connectivity index (χ1v) is 5.63. The van der Waals surface area contributed by atoms with E-state index < -0.39 is 0 Å². The summed E-state index contributed by atoms with van der Waals surface area (Å²) >= 11 is 0. The van der Waals surface area contributed by atoms with Crippen molar-refractivity contribution in [2.75, 3.05) is 17.7 Å². The molecular formula is C14H17N3. The highest BCUT2D eigenvalue weighted by molar-refractivity contribution is 5.70. The molecule has 0 fully saturated rings. The molecule has 0 amide bonds. The van der Waals surface area contributed by atoms with Gasteiger partial charge in [-0.2, -0.15) is 0 Å². The Hall–Kier alpha value is -2.03. The molecule has 0 spiro atoms. The molecule has 2 rings (SSSR count). The molecule has 1 aromatic heterocycles. The largest absolute Gasteiger partial charge is 0.397 e. The summed E-state index contributed by atoms with van der Waals surface area (Å²) in [6, 6.07) is 10.1. The van der Waals surface area contributed by atoms with Crippen LogP contribution in [0.2, 0.25) is 0 Å². The molecule has 0 unspecified atom stereocenters. The number of hydrogen-bond acceptors (Lipinski definition) is 3. The molecule has 17 heavy (non-hydrogen) atoms. The van der Waals surface area contributed by atoms with Gasteiger partial charge in [0.2, 0.25) is 0 Å². The van der Waals surface area contributed by atoms with E-state index in [4.69, 9.17) is 5.73 Å². The molecule has 0 saturated heterocycles. The smallest absolute Gasteiger partial charge is 0.0603 e. The summed E-state index contributed by atoms with van der Waals surface area (Å²) in [5, 5.41) is 0. The summed E-state index contributed by atoms with van der Waals surface area (Å²) in [4.78, 5) is 6.16. The van der Waals surface area contributed by atoms with Crippen molar-refractivity contribution in [2.24, 2.45) is 0 Å². The fourth-order valence-electron chi connectivity index (χ4n) is 1.85. The summed E-state index contributed by atoms with van der Waals surface area (Å²) < 4.78 is 0. The zero-order valence-electron chi connectivity index (χ0n) is 10.2. The van der Waals surface area contributed by atoms with Crippen molar-refractivity contribution in [3.05, 3.63) is 53.9 Å². The van der Waals surface area contributed by atoms with Crippen LogP contribution in [-0.4, -0.2) is 12.0 Å². The Morgan fingerprint density at radius 2 is 1.88 bits per heavy atom. The van der Waals surface area contributed by atoms with Crippen molar-refractivity contribution in [3.8, 4) is 0 Å². The predicted molar refractivity (Wildman–Crippen MR) is 71.9 cm³/mol. The lowest BCUT2D eigenvalue weighted by Gasteiger charge is -2.22. The van der Waals surface area contributed by atoms with Crippen LogP contribution in [0, 0.1) is 6.92 Å². The third-order valence-corrected chi connectivity index (χ3v) is 2.88. The molecule has 0 aliphatic heterocycles. The molecule has 88 valence electrons. The number of hydrogen-bond donors (Lipinski definition) is 1. The number of anilines is 2. The Morgan fingerprint density at radius 3 is 2.59 bits per heavy atom. The van der Waals surface area contributed by atoms with Gasteiger partial charge in [0, 0.05) is 26.0 Å². The summed E-state index contributed by atoms with van der Waals surface area (Å²) in [7, 11) is 2.05. The number of aryl methyl sites for hydroxylation is 1. The first kappa shape index (κ1) is 11.5. The Kier molecular flexibility index (Phi) is 3.28. The summed E-state index contributed by atoms with van der Waals surface area (Å²) in [5.41, 5.74) is 10.3. The minimum Gasteiger partial charge on any atom is -0.397 e. The fraction of sp³-hybridized carbons (Fsp3) is 0.214. The second kappa shape index (κ2) is 4.87. The van der Waals surface area contributed by atoms with Gasteiger partial charge < -0.3 is 10.6 Å². The van der Waals surface area contributed by atoms with Gasteiger partial charge in [0.15, 0.2) is 0 Å². The Bertz CT molecular complexity index is 494. The van der Waals surface area contributed by atoms with Crippen LogP contribution < -0.4 is 10.6 Å². The quantitative estimate of drug-likeness (QED) is 0.819. The van der Waals surface area contributed by atoms with E-state index in [1.165, 1.54) is 5.56 Å². The van der Waals surface area contributed by atoms with Crippen molar-refractivity contribution >= 4 is 11.4 Å². The number of benzene rings is 1. The van der Waals surface area contributed by atoms with E-state index in [9.17, 15) is 0 Å². The number of pyridine rings is 1. The molecule has 1 aromatic carbocycles. The van der Waals surface area contributed by atoms with Gasteiger partial charge in [-0.3, -0.25) is 4.98 Å². The maximum atomic E-state index is 6.08. The fourth-order valence-corrected chi connectivity index (χ4v) is 1.85. The lowest BCUT2D eigenvalue weighted by molar-refractivity contribution is 0.920. The standard InChI is InChI=1S/C14H17N3/c1-11-4-3-5-13(14(11)15)17(2)10-12-6-8-16-9-7-12/h3-9H,10,15H2,1-2H3. The van der Waals surface area contributed by atoms with Crippen molar-refractivity contribution < 1.29 is 0 Å². The van der Waals surface area contributed by atoms with Crippen LogP contribution in [0.1, 0.15) is 11.1 Å². The monoisotopic (exact) mass is 227 g/mol. The van der Waals surface area contributed by atoms with Crippen LogP contribution in [0.3, 0.4) is 0 Å². The summed E-state index contributed by atoms with van der Waals surface area (Å²) in [6.45, 7) is 2.86. The van der Waals surface area contributed by atoms with E-state index in [0.29, 0.717) is 0 Å². The third kappa shape index (κ3) is 2.56. The minimum absolute atomic E-state index is 0.830. The summed E-state index contributed by atoms with van der Waals surface area (Å²) in [6.07, 6.45) is 3.62. The van der Waals surface area contributed by atoms with E-state index in [0.717, 1.165) is 23.5 Å². The van der Waals surface area contributed by atoms with Crippen molar-refractivity contribution in [2.45, 2.75) is 13.5 Å². The van der Waals surface area contributed by atoms with E-state index in [2.05, 4.69) is 9.88 Å². The van der Waals surface area contributed by atoms with Crippen LogP contribution in [0.25, 0.3) is 0 Å². The topological polar surface area (TPSA) is 42.2 Å². The third-order valence-electron chi connectivity index (χ3n) is 2.88. The van der Waals surface area contributed by atoms with Crippen LogP contribution >= 0.6 is 0 Å². The molecular weight excluding hydrogens is 210 g/mol. The normalized spacial score (nSPS) is 10.2. The Balaban J connectivity index is 2.20. The lowest BCUT2D eigenvalue weighted by Crippen LogP contribution is -2.18. The number of nitrogens with two attached hydrogens (primary N) is 1. The van der Waals surface area contributed by atoms with Crippen molar-refractivity contribution in [1.29, 1.82) is 0 Å². The van der Waals surface area contributed by atoms with Gasteiger partial charge in [-0.1, -0.05) is 12.1 Å².